The Balaban J connectivity index is 1.85. The van der Waals surface area contributed by atoms with E-state index in [2.05, 4.69) is 0 Å². The van der Waals surface area contributed by atoms with E-state index in [4.69, 9.17) is 14.2 Å². The number of carbonyl (C=O) groups excluding carboxylic acids is 2. The molecule has 1 aromatic rings. The van der Waals surface area contributed by atoms with Crippen molar-refractivity contribution in [2.75, 3.05) is 13.7 Å². The molecular formula is C13H14O5. The summed E-state index contributed by atoms with van der Waals surface area (Å²) in [7, 11) is 1.47. The largest absolute Gasteiger partial charge is 0.459 e. The predicted molar refractivity (Wildman–Crippen MR) is 62.0 cm³/mol. The molecule has 1 saturated heterocycles. The van der Waals surface area contributed by atoms with E-state index >= 15 is 0 Å². The fraction of sp³-hybridized carbons (Fsp3) is 0.385. The van der Waals surface area contributed by atoms with Gasteiger partial charge in [0.05, 0.1) is 12.0 Å². The van der Waals surface area contributed by atoms with Crippen LogP contribution >= 0.6 is 0 Å². The monoisotopic (exact) mass is 250 g/mol. The molecule has 1 aliphatic heterocycles. The van der Waals surface area contributed by atoms with Crippen LogP contribution in [0.3, 0.4) is 0 Å². The lowest BCUT2D eigenvalue weighted by Gasteiger charge is -2.11. The molecule has 0 aromatic heterocycles. The molecule has 0 aliphatic carbocycles. The van der Waals surface area contributed by atoms with Gasteiger partial charge >= 0.3 is 5.97 Å². The summed E-state index contributed by atoms with van der Waals surface area (Å²) in [6, 6.07) is 8.60. The number of hydrogen-bond acceptors (Lipinski definition) is 5. The molecule has 18 heavy (non-hydrogen) atoms. The first-order chi connectivity index (χ1) is 8.70. The van der Waals surface area contributed by atoms with E-state index in [1.807, 2.05) is 6.07 Å². The topological polar surface area (TPSA) is 61.8 Å². The van der Waals surface area contributed by atoms with Crippen LogP contribution in [0.1, 0.15) is 16.8 Å². The maximum absolute atomic E-state index is 11.6. The molecule has 0 spiro atoms. The van der Waals surface area contributed by atoms with Gasteiger partial charge in [-0.1, -0.05) is 18.2 Å². The standard InChI is InChI=1S/C13H14O5/c1-16-12-7-10(14)11(18-12)8-17-13(15)9-5-3-2-4-6-9/h2-6,11-12H,7-8H2,1H3. The number of ether oxygens (including phenoxy) is 3. The molecule has 2 rings (SSSR count). The predicted octanol–water partition coefficient (Wildman–Crippen LogP) is 1.17. The highest BCUT2D eigenvalue weighted by Crippen LogP contribution is 2.17. The summed E-state index contributed by atoms with van der Waals surface area (Å²) in [6.45, 7) is -0.0770. The van der Waals surface area contributed by atoms with Gasteiger partial charge in [-0.25, -0.2) is 4.79 Å². The van der Waals surface area contributed by atoms with Crippen molar-refractivity contribution in [1.82, 2.24) is 0 Å². The van der Waals surface area contributed by atoms with E-state index < -0.39 is 18.4 Å². The third-order valence-electron chi connectivity index (χ3n) is 2.68. The molecule has 0 bridgehead atoms. The van der Waals surface area contributed by atoms with Crippen LogP contribution in [-0.2, 0) is 19.0 Å². The highest BCUT2D eigenvalue weighted by molar-refractivity contribution is 5.90. The number of rotatable bonds is 4. The highest BCUT2D eigenvalue weighted by atomic mass is 16.7. The van der Waals surface area contributed by atoms with Gasteiger partial charge in [0.25, 0.3) is 0 Å². The molecule has 1 heterocycles. The van der Waals surface area contributed by atoms with Gasteiger partial charge < -0.3 is 14.2 Å². The molecule has 1 aliphatic rings. The van der Waals surface area contributed by atoms with Crippen LogP contribution in [0, 0.1) is 0 Å². The summed E-state index contributed by atoms with van der Waals surface area (Å²) < 4.78 is 15.2. The van der Waals surface area contributed by atoms with Crippen molar-refractivity contribution in [3.63, 3.8) is 0 Å². The fourth-order valence-electron chi connectivity index (χ4n) is 1.68. The van der Waals surface area contributed by atoms with Crippen LogP contribution in [0.25, 0.3) is 0 Å². The smallest absolute Gasteiger partial charge is 0.338 e. The number of benzene rings is 1. The number of methoxy groups -OCH3 is 1. The lowest BCUT2D eigenvalue weighted by atomic mass is 10.2. The quantitative estimate of drug-likeness (QED) is 0.751. The van der Waals surface area contributed by atoms with E-state index in [1.54, 1.807) is 24.3 Å². The van der Waals surface area contributed by atoms with Gasteiger partial charge in [0.2, 0.25) is 0 Å². The summed E-state index contributed by atoms with van der Waals surface area (Å²) in [5.74, 6) is -0.574. The Morgan fingerprint density at radius 2 is 2.11 bits per heavy atom. The second kappa shape index (κ2) is 5.75. The third-order valence-corrected chi connectivity index (χ3v) is 2.68. The van der Waals surface area contributed by atoms with E-state index in [9.17, 15) is 9.59 Å². The first kappa shape index (κ1) is 12.7. The Kier molecular flexibility index (Phi) is 4.07. The summed E-state index contributed by atoms with van der Waals surface area (Å²) >= 11 is 0. The van der Waals surface area contributed by atoms with Crippen molar-refractivity contribution in [3.8, 4) is 0 Å². The summed E-state index contributed by atoms with van der Waals surface area (Å²) in [6.07, 6.45) is -1.05. The van der Waals surface area contributed by atoms with Gasteiger partial charge in [-0.2, -0.15) is 0 Å². The van der Waals surface area contributed by atoms with Crippen LogP contribution in [-0.4, -0.2) is 37.9 Å². The zero-order valence-corrected chi connectivity index (χ0v) is 10.00. The minimum Gasteiger partial charge on any atom is -0.459 e. The second-order valence-electron chi connectivity index (χ2n) is 3.92. The van der Waals surface area contributed by atoms with Crippen LogP contribution in [0.5, 0.6) is 0 Å². The van der Waals surface area contributed by atoms with E-state index in [0.29, 0.717) is 5.56 Å². The molecule has 5 heteroatoms. The van der Waals surface area contributed by atoms with Crippen LogP contribution in [0.4, 0.5) is 0 Å². The van der Waals surface area contributed by atoms with E-state index in [0.717, 1.165) is 0 Å². The van der Waals surface area contributed by atoms with Crippen molar-refractivity contribution in [1.29, 1.82) is 0 Å². The Labute approximate surface area is 105 Å². The molecule has 2 unspecified atom stereocenters. The normalized spacial score (nSPS) is 23.1. The number of Topliss-reactive ketones (excluding diaryl/α,β-unsaturated/α-hetero) is 1. The maximum Gasteiger partial charge on any atom is 0.338 e. The average molecular weight is 250 g/mol. The second-order valence-corrected chi connectivity index (χ2v) is 3.92. The first-order valence-electron chi connectivity index (χ1n) is 5.64. The molecule has 0 radical (unpaired) electrons. The minimum atomic E-state index is -0.720. The average Bonchev–Trinajstić information content (AvgIpc) is 2.77. The number of carbonyl (C=O) groups is 2. The molecule has 0 amide bonds. The van der Waals surface area contributed by atoms with E-state index in [-0.39, 0.29) is 18.8 Å². The third kappa shape index (κ3) is 2.94. The van der Waals surface area contributed by atoms with Crippen molar-refractivity contribution in [3.05, 3.63) is 35.9 Å². The number of hydrogen-bond donors (Lipinski definition) is 0. The SMILES string of the molecule is COC1CC(=O)C(COC(=O)c2ccccc2)O1. The van der Waals surface area contributed by atoms with Crippen LogP contribution in [0.2, 0.25) is 0 Å². The zero-order valence-electron chi connectivity index (χ0n) is 10.00. The molecule has 1 fully saturated rings. The Morgan fingerprint density at radius 3 is 2.72 bits per heavy atom. The van der Waals surface area contributed by atoms with Crippen molar-refractivity contribution >= 4 is 11.8 Å². The van der Waals surface area contributed by atoms with Gasteiger partial charge in [0.15, 0.2) is 18.2 Å². The van der Waals surface area contributed by atoms with Gasteiger partial charge in [0, 0.05) is 7.11 Å². The molecule has 1 aromatic carbocycles. The van der Waals surface area contributed by atoms with Gasteiger partial charge in [-0.3, -0.25) is 4.79 Å². The maximum atomic E-state index is 11.6. The molecule has 96 valence electrons. The molecular weight excluding hydrogens is 236 g/mol. The fourth-order valence-corrected chi connectivity index (χ4v) is 1.68. The zero-order chi connectivity index (χ0) is 13.0. The van der Waals surface area contributed by atoms with Crippen LogP contribution in [0.15, 0.2) is 30.3 Å². The highest BCUT2D eigenvalue weighted by Gasteiger charge is 2.34. The molecule has 0 saturated carbocycles. The summed E-state index contributed by atoms with van der Waals surface area (Å²) in [4.78, 5) is 23.1. The van der Waals surface area contributed by atoms with E-state index in [1.165, 1.54) is 7.11 Å². The van der Waals surface area contributed by atoms with Crippen molar-refractivity contribution in [2.24, 2.45) is 0 Å². The van der Waals surface area contributed by atoms with Gasteiger partial charge in [0.1, 0.15) is 6.61 Å². The van der Waals surface area contributed by atoms with Crippen molar-refractivity contribution < 1.29 is 23.8 Å². The van der Waals surface area contributed by atoms with Gasteiger partial charge in [-0.05, 0) is 12.1 Å². The molecule has 2 atom stereocenters. The lowest BCUT2D eigenvalue weighted by molar-refractivity contribution is -0.135. The number of ketones is 1. The van der Waals surface area contributed by atoms with Crippen LogP contribution < -0.4 is 0 Å². The summed E-state index contributed by atoms with van der Waals surface area (Å²) in [5.41, 5.74) is 0.450. The minimum absolute atomic E-state index is 0.0770. The number of esters is 1. The lowest BCUT2D eigenvalue weighted by Crippen LogP contribution is -2.25. The van der Waals surface area contributed by atoms with Crippen molar-refractivity contribution in [2.45, 2.75) is 18.8 Å². The Hall–Kier alpha value is -1.72. The Morgan fingerprint density at radius 1 is 1.39 bits per heavy atom. The molecule has 0 N–H and O–H groups in total. The molecule has 5 nitrogen and oxygen atoms in total. The first-order valence-corrected chi connectivity index (χ1v) is 5.64. The summed E-state index contributed by atoms with van der Waals surface area (Å²) in [5, 5.41) is 0. The van der Waals surface area contributed by atoms with Gasteiger partial charge in [-0.15, -0.1) is 0 Å². The Bertz CT molecular complexity index is 428.